The molecular formula is C22H26F5OP. The van der Waals surface area contributed by atoms with Gasteiger partial charge in [0.25, 0.3) is 0 Å². The fourth-order valence-electron chi connectivity index (χ4n) is 3.39. The molecule has 0 aliphatic carbocycles. The van der Waals surface area contributed by atoms with Crippen molar-refractivity contribution in [2.45, 2.75) is 65.0 Å². The zero-order valence-corrected chi connectivity index (χ0v) is 18.4. The van der Waals surface area contributed by atoms with Crippen LogP contribution in [0.2, 0.25) is 0 Å². The predicted octanol–water partition coefficient (Wildman–Crippen LogP) is 6.71. The van der Waals surface area contributed by atoms with Crippen molar-refractivity contribution in [3.05, 3.63) is 57.9 Å². The second-order valence-electron chi connectivity index (χ2n) is 8.59. The van der Waals surface area contributed by atoms with E-state index in [2.05, 4.69) is 0 Å². The number of halogens is 5. The molecule has 2 rings (SSSR count). The zero-order chi connectivity index (χ0) is 22.3. The highest BCUT2D eigenvalue weighted by Gasteiger charge is 2.36. The van der Waals surface area contributed by atoms with Crippen LogP contribution < -0.4 is 5.30 Å². The monoisotopic (exact) mass is 432 g/mol. The number of aromatic hydroxyl groups is 1. The lowest BCUT2D eigenvalue weighted by Crippen LogP contribution is -2.26. The number of phenols is 1. The van der Waals surface area contributed by atoms with E-state index in [9.17, 15) is 27.1 Å². The summed E-state index contributed by atoms with van der Waals surface area (Å²) in [5.41, 5.74) is 1.70. The van der Waals surface area contributed by atoms with Gasteiger partial charge in [0.2, 0.25) is 5.82 Å². The van der Waals surface area contributed by atoms with E-state index in [0.717, 1.165) is 5.56 Å². The molecule has 29 heavy (non-hydrogen) atoms. The van der Waals surface area contributed by atoms with Crippen molar-refractivity contribution in [3.63, 3.8) is 0 Å². The summed E-state index contributed by atoms with van der Waals surface area (Å²) in [7, 11) is -0.765. The van der Waals surface area contributed by atoms with Gasteiger partial charge in [-0.25, -0.2) is 22.0 Å². The van der Waals surface area contributed by atoms with E-state index in [-0.39, 0.29) is 11.2 Å². The Morgan fingerprint density at radius 1 is 0.862 bits per heavy atom. The minimum absolute atomic E-state index is 0.0229. The standard InChI is InChI=1S/C22H26F5OP/c1-7-8-22(6,13-10-12(21(3,4)5)9-11(2)19(13)28)29-20-17(26)15(24)14(23)16(25)18(20)27/h9-10,28-29H,7-8H2,1-6H3. The van der Waals surface area contributed by atoms with E-state index in [1.807, 2.05) is 33.8 Å². The van der Waals surface area contributed by atoms with Crippen LogP contribution in [0, 0.1) is 36.0 Å². The molecule has 0 aliphatic rings. The first-order chi connectivity index (χ1) is 13.2. The van der Waals surface area contributed by atoms with Crippen molar-refractivity contribution in [1.82, 2.24) is 0 Å². The summed E-state index contributed by atoms with van der Waals surface area (Å²) < 4.78 is 69.6. The highest BCUT2D eigenvalue weighted by atomic mass is 31.1. The van der Waals surface area contributed by atoms with Crippen molar-refractivity contribution in [3.8, 4) is 5.75 Å². The topological polar surface area (TPSA) is 20.2 Å². The fourth-order valence-corrected chi connectivity index (χ4v) is 5.08. The lowest BCUT2D eigenvalue weighted by atomic mass is 9.82. The number of phenolic OH excluding ortho intramolecular Hbond substituents is 1. The highest BCUT2D eigenvalue weighted by Crippen LogP contribution is 2.50. The number of aryl methyl sites for hydroxylation is 1. The zero-order valence-electron chi connectivity index (χ0n) is 17.4. The van der Waals surface area contributed by atoms with Gasteiger partial charge in [-0.2, -0.15) is 0 Å². The summed E-state index contributed by atoms with van der Waals surface area (Å²) in [6.45, 7) is 11.2. The second-order valence-corrected chi connectivity index (χ2v) is 10.4. The van der Waals surface area contributed by atoms with Gasteiger partial charge < -0.3 is 5.11 Å². The smallest absolute Gasteiger partial charge is 0.200 e. The SMILES string of the molecule is CCCC(C)(Pc1c(F)c(F)c(F)c(F)c1F)c1cc(C(C)(C)C)cc(C)c1O. The molecule has 0 amide bonds. The van der Waals surface area contributed by atoms with Gasteiger partial charge in [0.15, 0.2) is 23.3 Å². The molecule has 2 unspecified atom stereocenters. The van der Waals surface area contributed by atoms with E-state index in [1.165, 1.54) is 0 Å². The van der Waals surface area contributed by atoms with Crippen LogP contribution in [0.5, 0.6) is 5.75 Å². The van der Waals surface area contributed by atoms with Gasteiger partial charge in [-0.15, -0.1) is 0 Å². The first-order valence-electron chi connectivity index (χ1n) is 9.38. The summed E-state index contributed by atoms with van der Waals surface area (Å²) in [5.74, 6) is -9.72. The first-order valence-corrected chi connectivity index (χ1v) is 10.4. The molecular weight excluding hydrogens is 406 g/mol. The average Bonchev–Trinajstić information content (AvgIpc) is 2.63. The normalized spacial score (nSPS) is 14.6. The average molecular weight is 432 g/mol. The lowest BCUT2D eigenvalue weighted by Gasteiger charge is -2.33. The Morgan fingerprint density at radius 2 is 1.34 bits per heavy atom. The van der Waals surface area contributed by atoms with Gasteiger partial charge >= 0.3 is 0 Å². The molecule has 0 heterocycles. The lowest BCUT2D eigenvalue weighted by molar-refractivity contribution is 0.384. The van der Waals surface area contributed by atoms with Crippen molar-refractivity contribution < 1.29 is 27.1 Å². The molecule has 2 atom stereocenters. The molecule has 0 fully saturated rings. The maximum atomic E-state index is 14.4. The predicted molar refractivity (Wildman–Crippen MR) is 108 cm³/mol. The second kappa shape index (κ2) is 8.22. The van der Waals surface area contributed by atoms with Crippen molar-refractivity contribution >= 4 is 13.9 Å². The molecule has 160 valence electrons. The molecule has 0 aliphatic heterocycles. The van der Waals surface area contributed by atoms with Crippen LogP contribution in [0.15, 0.2) is 12.1 Å². The van der Waals surface area contributed by atoms with Gasteiger partial charge in [-0.1, -0.05) is 61.8 Å². The van der Waals surface area contributed by atoms with Crippen LogP contribution in [-0.2, 0) is 10.6 Å². The molecule has 0 aromatic heterocycles. The molecule has 7 heteroatoms. The molecule has 1 nitrogen and oxygen atoms in total. The van der Waals surface area contributed by atoms with E-state index >= 15 is 0 Å². The third-order valence-corrected chi connectivity index (χ3v) is 6.88. The summed E-state index contributed by atoms with van der Waals surface area (Å²) >= 11 is 0. The molecule has 0 bridgehead atoms. The van der Waals surface area contributed by atoms with Crippen molar-refractivity contribution in [2.75, 3.05) is 0 Å². The molecule has 1 N–H and O–H groups in total. The summed E-state index contributed by atoms with van der Waals surface area (Å²) in [6, 6.07) is 3.61. The third kappa shape index (κ3) is 4.42. The summed E-state index contributed by atoms with van der Waals surface area (Å²) in [4.78, 5) is 0. The third-order valence-electron chi connectivity index (χ3n) is 5.12. The van der Waals surface area contributed by atoms with Gasteiger partial charge in [0.1, 0.15) is 5.75 Å². The van der Waals surface area contributed by atoms with Crippen LogP contribution in [-0.4, -0.2) is 5.11 Å². The molecule has 0 saturated carbocycles. The highest BCUT2D eigenvalue weighted by molar-refractivity contribution is 7.48. The Labute approximate surface area is 170 Å². The number of hydrogen-bond acceptors (Lipinski definition) is 1. The largest absolute Gasteiger partial charge is 0.507 e. The van der Waals surface area contributed by atoms with Gasteiger partial charge in [-0.05, 0) is 29.9 Å². The quantitative estimate of drug-likeness (QED) is 0.241. The summed E-state index contributed by atoms with van der Waals surface area (Å²) in [6.07, 6.45) is 0.989. The van der Waals surface area contributed by atoms with Gasteiger partial charge in [0, 0.05) is 10.7 Å². The first kappa shape index (κ1) is 23.6. The van der Waals surface area contributed by atoms with E-state index < -0.39 is 48.1 Å². The van der Waals surface area contributed by atoms with Crippen LogP contribution >= 0.6 is 8.58 Å². The van der Waals surface area contributed by atoms with Crippen molar-refractivity contribution in [2.24, 2.45) is 0 Å². The summed E-state index contributed by atoms with van der Waals surface area (Å²) in [5, 5.41) is 8.88. The Kier molecular flexibility index (Phi) is 6.69. The molecule has 2 aromatic rings. The fraction of sp³-hybridized carbons (Fsp3) is 0.455. The van der Waals surface area contributed by atoms with E-state index in [0.29, 0.717) is 24.0 Å². The van der Waals surface area contributed by atoms with Gasteiger partial charge in [-0.3, -0.25) is 0 Å². The number of rotatable bonds is 5. The maximum Gasteiger partial charge on any atom is 0.200 e. The Morgan fingerprint density at radius 3 is 1.79 bits per heavy atom. The number of benzene rings is 2. The van der Waals surface area contributed by atoms with Crippen LogP contribution in [0.4, 0.5) is 22.0 Å². The number of hydrogen-bond donors (Lipinski definition) is 1. The Hall–Kier alpha value is -1.68. The van der Waals surface area contributed by atoms with Gasteiger partial charge in [0.05, 0.1) is 5.30 Å². The maximum absolute atomic E-state index is 14.4. The van der Waals surface area contributed by atoms with E-state index in [4.69, 9.17) is 0 Å². The Bertz CT molecular complexity index is 907. The van der Waals surface area contributed by atoms with Crippen molar-refractivity contribution in [1.29, 1.82) is 0 Å². The Balaban J connectivity index is 2.74. The van der Waals surface area contributed by atoms with Crippen LogP contribution in [0.25, 0.3) is 0 Å². The van der Waals surface area contributed by atoms with E-state index in [1.54, 1.807) is 19.9 Å². The molecule has 0 saturated heterocycles. The van der Waals surface area contributed by atoms with Crippen LogP contribution in [0.3, 0.4) is 0 Å². The van der Waals surface area contributed by atoms with Crippen LogP contribution in [0.1, 0.15) is 64.2 Å². The molecule has 0 radical (unpaired) electrons. The minimum atomic E-state index is -2.17. The molecule has 0 spiro atoms. The molecule has 2 aromatic carbocycles. The minimum Gasteiger partial charge on any atom is -0.507 e.